The van der Waals surface area contributed by atoms with Crippen LogP contribution in [0.3, 0.4) is 0 Å². The number of carbonyl (C=O) groups is 1. The number of amides is 1. The number of halogens is 1. The summed E-state index contributed by atoms with van der Waals surface area (Å²) in [6.45, 7) is 4.28. The normalized spacial score (nSPS) is 25.9. The van der Waals surface area contributed by atoms with Crippen LogP contribution in [0.1, 0.15) is 24.8 Å². The van der Waals surface area contributed by atoms with Crippen molar-refractivity contribution in [1.29, 1.82) is 0 Å². The molecule has 1 amide bonds. The highest BCUT2D eigenvalue weighted by atomic mass is 19.1. The second-order valence-electron chi connectivity index (χ2n) is 9.88. The predicted octanol–water partition coefficient (Wildman–Crippen LogP) is 3.29. The summed E-state index contributed by atoms with van der Waals surface area (Å²) in [4.78, 5) is 21.2. The van der Waals surface area contributed by atoms with E-state index in [0.717, 1.165) is 79.2 Å². The van der Waals surface area contributed by atoms with Gasteiger partial charge < -0.3 is 15.1 Å². The van der Waals surface area contributed by atoms with Gasteiger partial charge in [-0.3, -0.25) is 9.79 Å². The van der Waals surface area contributed by atoms with E-state index in [1.165, 1.54) is 0 Å². The number of benzene rings is 1. The highest BCUT2D eigenvalue weighted by molar-refractivity contribution is 6.16. The fourth-order valence-corrected chi connectivity index (χ4v) is 5.52. The molecular formula is C27H31FN6O. The first-order valence-electron chi connectivity index (χ1n) is 12.5. The smallest absolute Gasteiger partial charge is 0.231 e. The Bertz CT molecular complexity index is 1270. The van der Waals surface area contributed by atoms with E-state index < -0.39 is 5.67 Å². The predicted molar refractivity (Wildman–Crippen MR) is 136 cm³/mol. The molecule has 8 heteroatoms. The minimum atomic E-state index is -1.29. The maximum Gasteiger partial charge on any atom is 0.231 e. The Kier molecular flexibility index (Phi) is 5.56. The molecule has 0 bridgehead atoms. The summed E-state index contributed by atoms with van der Waals surface area (Å²) >= 11 is 0. The fourth-order valence-electron chi connectivity index (χ4n) is 5.52. The maximum atomic E-state index is 15.3. The average Bonchev–Trinajstić information content (AvgIpc) is 3.57. The lowest BCUT2D eigenvalue weighted by Crippen LogP contribution is -2.49. The summed E-state index contributed by atoms with van der Waals surface area (Å²) in [6.07, 6.45) is 6.09. The van der Waals surface area contributed by atoms with Gasteiger partial charge in [0, 0.05) is 69.9 Å². The highest BCUT2D eigenvalue weighted by Crippen LogP contribution is 2.35. The van der Waals surface area contributed by atoms with Crippen LogP contribution in [0, 0.1) is 5.92 Å². The summed E-state index contributed by atoms with van der Waals surface area (Å²) in [7, 11) is 1.77. The van der Waals surface area contributed by atoms with E-state index in [4.69, 9.17) is 0 Å². The SMILES string of the molecule is C/N=C1/C[C@H]1C(=O)N1CCN(c2ccnn3cc(-c4ccc([C@]5(F)CCCNC5)cc4)cc23)CC1. The topological polar surface area (TPSA) is 65.2 Å². The third-order valence-electron chi connectivity index (χ3n) is 7.73. The van der Waals surface area contributed by atoms with Crippen LogP contribution in [0.4, 0.5) is 10.1 Å². The van der Waals surface area contributed by atoms with Gasteiger partial charge in [0.05, 0.1) is 17.1 Å². The van der Waals surface area contributed by atoms with E-state index in [9.17, 15) is 4.79 Å². The van der Waals surface area contributed by atoms with Crippen LogP contribution in [0.15, 0.2) is 53.8 Å². The first-order valence-corrected chi connectivity index (χ1v) is 12.5. The Morgan fingerprint density at radius 1 is 1.14 bits per heavy atom. The number of fused-ring (bicyclic) bond motifs is 1. The maximum absolute atomic E-state index is 15.3. The third-order valence-corrected chi connectivity index (χ3v) is 7.73. The lowest BCUT2D eigenvalue weighted by Gasteiger charge is -2.36. The highest BCUT2D eigenvalue weighted by Gasteiger charge is 2.41. The molecule has 0 unspecified atom stereocenters. The van der Waals surface area contributed by atoms with Crippen LogP contribution >= 0.6 is 0 Å². The van der Waals surface area contributed by atoms with E-state index in [1.807, 2.05) is 52.1 Å². The number of anilines is 1. The lowest BCUT2D eigenvalue weighted by atomic mass is 9.87. The van der Waals surface area contributed by atoms with Crippen LogP contribution in [0.2, 0.25) is 0 Å². The number of carbonyl (C=O) groups excluding carboxylic acids is 1. The molecule has 6 rings (SSSR count). The van der Waals surface area contributed by atoms with E-state index >= 15 is 4.39 Å². The van der Waals surface area contributed by atoms with Crippen LogP contribution in [-0.4, -0.2) is 72.4 Å². The lowest BCUT2D eigenvalue weighted by molar-refractivity contribution is -0.132. The van der Waals surface area contributed by atoms with Crippen LogP contribution in [0.5, 0.6) is 0 Å². The van der Waals surface area contributed by atoms with Crippen LogP contribution in [-0.2, 0) is 10.5 Å². The summed E-state index contributed by atoms with van der Waals surface area (Å²) < 4.78 is 17.2. The summed E-state index contributed by atoms with van der Waals surface area (Å²) in [5.74, 6) is 0.234. The van der Waals surface area contributed by atoms with Crippen molar-refractivity contribution in [2.24, 2.45) is 10.9 Å². The summed E-state index contributed by atoms with van der Waals surface area (Å²) in [5.41, 5.74) is 4.74. The Labute approximate surface area is 204 Å². The van der Waals surface area contributed by atoms with Crippen molar-refractivity contribution in [3.05, 3.63) is 54.4 Å². The van der Waals surface area contributed by atoms with Gasteiger partial charge in [0.1, 0.15) is 5.67 Å². The number of rotatable bonds is 4. The molecule has 3 fully saturated rings. The second kappa shape index (κ2) is 8.75. The molecule has 1 aromatic carbocycles. The molecule has 1 saturated carbocycles. The Hall–Kier alpha value is -3.26. The van der Waals surface area contributed by atoms with Crippen molar-refractivity contribution in [3.63, 3.8) is 0 Å². The molecule has 182 valence electrons. The van der Waals surface area contributed by atoms with Crippen LogP contribution < -0.4 is 10.2 Å². The number of alkyl halides is 1. The van der Waals surface area contributed by atoms with Crippen LogP contribution in [0.25, 0.3) is 16.6 Å². The summed E-state index contributed by atoms with van der Waals surface area (Å²) in [5, 5.41) is 7.70. The second-order valence-corrected chi connectivity index (χ2v) is 9.88. The number of hydrogen-bond acceptors (Lipinski definition) is 5. The zero-order valence-electron chi connectivity index (χ0n) is 20.1. The van der Waals surface area contributed by atoms with Gasteiger partial charge in [0.25, 0.3) is 0 Å². The van der Waals surface area contributed by atoms with Gasteiger partial charge in [-0.25, -0.2) is 8.91 Å². The van der Waals surface area contributed by atoms with Crippen molar-refractivity contribution in [2.75, 3.05) is 51.2 Å². The van der Waals surface area contributed by atoms with Gasteiger partial charge in [-0.05, 0) is 42.6 Å². The minimum absolute atomic E-state index is 0.0143. The monoisotopic (exact) mass is 474 g/mol. The van der Waals surface area contributed by atoms with Gasteiger partial charge in [0.15, 0.2) is 0 Å². The Morgan fingerprint density at radius 2 is 1.94 bits per heavy atom. The molecular weight excluding hydrogens is 443 g/mol. The molecule has 4 heterocycles. The van der Waals surface area contributed by atoms with Gasteiger partial charge >= 0.3 is 0 Å². The van der Waals surface area contributed by atoms with Crippen molar-refractivity contribution in [1.82, 2.24) is 19.8 Å². The molecule has 1 aliphatic carbocycles. The largest absolute Gasteiger partial charge is 0.366 e. The number of piperidine rings is 1. The molecule has 3 aromatic rings. The molecule has 3 aliphatic rings. The Morgan fingerprint density at radius 3 is 2.63 bits per heavy atom. The molecule has 2 aliphatic heterocycles. The Balaban J connectivity index is 1.19. The quantitative estimate of drug-likeness (QED) is 0.630. The third kappa shape index (κ3) is 4.10. The van der Waals surface area contributed by atoms with E-state index in [1.54, 1.807) is 7.05 Å². The van der Waals surface area contributed by atoms with E-state index in [2.05, 4.69) is 26.4 Å². The molecule has 2 aromatic heterocycles. The molecule has 2 saturated heterocycles. The number of aliphatic imine (C=N–C) groups is 1. The molecule has 35 heavy (non-hydrogen) atoms. The fraction of sp³-hybridized carbons (Fsp3) is 0.444. The zero-order valence-corrected chi connectivity index (χ0v) is 20.1. The molecule has 0 spiro atoms. The average molecular weight is 475 g/mol. The van der Waals surface area contributed by atoms with Crippen molar-refractivity contribution < 1.29 is 9.18 Å². The standard InChI is InChI=1S/C27H31FN6O/c1-29-23-16-22(23)26(35)33-13-11-32(12-14-33)24-7-10-31-34-17-20(15-25(24)34)19-3-5-21(6-4-19)27(28)8-2-9-30-18-27/h3-7,10,15,17,22,30H,2,8-9,11-14,16,18H2,1H3/b29-23-/t22-,27+/m1/s1. The first kappa shape index (κ1) is 22.2. The number of nitrogens with one attached hydrogen (secondary N) is 1. The molecule has 2 atom stereocenters. The number of aromatic nitrogens is 2. The van der Waals surface area contributed by atoms with Gasteiger partial charge in [-0.15, -0.1) is 0 Å². The number of hydrogen-bond donors (Lipinski definition) is 1. The van der Waals surface area contributed by atoms with Crippen molar-refractivity contribution >= 4 is 22.8 Å². The zero-order chi connectivity index (χ0) is 24.0. The number of piperazine rings is 1. The van der Waals surface area contributed by atoms with Gasteiger partial charge in [-0.2, -0.15) is 5.10 Å². The van der Waals surface area contributed by atoms with Gasteiger partial charge in [-0.1, -0.05) is 24.3 Å². The molecule has 1 N–H and O–H groups in total. The van der Waals surface area contributed by atoms with E-state index in [0.29, 0.717) is 13.0 Å². The summed E-state index contributed by atoms with van der Waals surface area (Å²) in [6, 6.07) is 12.1. The van der Waals surface area contributed by atoms with Crippen molar-refractivity contribution in [2.45, 2.75) is 24.9 Å². The van der Waals surface area contributed by atoms with Gasteiger partial charge in [0.2, 0.25) is 5.91 Å². The van der Waals surface area contributed by atoms with E-state index in [-0.39, 0.29) is 11.8 Å². The van der Waals surface area contributed by atoms with Crippen molar-refractivity contribution in [3.8, 4) is 11.1 Å². The minimum Gasteiger partial charge on any atom is -0.366 e. The first-order chi connectivity index (χ1) is 17.1. The molecule has 7 nitrogen and oxygen atoms in total. The number of nitrogens with zero attached hydrogens (tertiary/aromatic N) is 5. The molecule has 0 radical (unpaired) electrons.